The van der Waals surface area contributed by atoms with E-state index in [0.29, 0.717) is 38.0 Å². The van der Waals surface area contributed by atoms with Gasteiger partial charge in [-0.15, -0.1) is 0 Å². The summed E-state index contributed by atoms with van der Waals surface area (Å²) < 4.78 is 5.22. The van der Waals surface area contributed by atoms with Crippen LogP contribution >= 0.6 is 11.8 Å². The molecule has 0 spiro atoms. The average Bonchev–Trinajstić information content (AvgIpc) is 3.43. The molecule has 1 amide bonds. The minimum Gasteiger partial charge on any atom is -0.460 e. The summed E-state index contributed by atoms with van der Waals surface area (Å²) in [5.41, 5.74) is 0.580. The summed E-state index contributed by atoms with van der Waals surface area (Å²) in [6.45, 7) is 3.27. The summed E-state index contributed by atoms with van der Waals surface area (Å²) in [7, 11) is 3.65. The summed E-state index contributed by atoms with van der Waals surface area (Å²) in [5.74, 6) is -0.411. The summed E-state index contributed by atoms with van der Waals surface area (Å²) in [5, 5.41) is 19.2. The lowest BCUT2D eigenvalue weighted by Crippen LogP contribution is -2.45. The number of likely N-dealkylation sites (tertiary alicyclic amines) is 2. The lowest BCUT2D eigenvalue weighted by atomic mass is 10.2. The van der Waals surface area contributed by atoms with Crippen LogP contribution in [0.15, 0.2) is 24.3 Å². The van der Waals surface area contributed by atoms with E-state index >= 15 is 0 Å². The van der Waals surface area contributed by atoms with Gasteiger partial charge in [0.05, 0.1) is 11.0 Å². The van der Waals surface area contributed by atoms with Gasteiger partial charge in [0.2, 0.25) is 5.91 Å². The predicted octanol–water partition coefficient (Wildman–Crippen LogP) is 1.89. The first-order valence-corrected chi connectivity index (χ1v) is 12.3. The maximum Gasteiger partial charge on any atom is 0.313 e. The Morgan fingerprint density at radius 1 is 1.26 bits per heavy atom. The third kappa shape index (κ3) is 7.01. The van der Waals surface area contributed by atoms with Crippen molar-refractivity contribution in [1.82, 2.24) is 14.7 Å². The SMILES string of the molecule is CC(=O)S[C@H]1C[C@@H](C(=O)N2CC[C@H](N(C)C(=N)CC(=O)OCc3ccc([N+](=O)[O-])cc3)C2)N(C)C1. The highest BCUT2D eigenvalue weighted by Crippen LogP contribution is 2.29. The topological polar surface area (TPSA) is 137 Å². The largest absolute Gasteiger partial charge is 0.460 e. The summed E-state index contributed by atoms with van der Waals surface area (Å²) in [6, 6.07) is 5.42. The van der Waals surface area contributed by atoms with E-state index in [1.165, 1.54) is 36.0 Å². The number of rotatable bonds is 8. The smallest absolute Gasteiger partial charge is 0.313 e. The molecule has 1 aromatic rings. The zero-order valence-corrected chi connectivity index (χ0v) is 21.0. The first-order chi connectivity index (χ1) is 16.5. The average molecular weight is 506 g/mol. The third-order valence-corrected chi connectivity index (χ3v) is 7.44. The molecular weight excluding hydrogens is 474 g/mol. The standard InChI is InChI=1S/C23H31N5O6S/c1-15(29)35-19-10-20(25(2)13-19)23(31)27-9-8-18(12-27)26(3)21(24)11-22(30)34-14-16-4-6-17(7-5-16)28(32)33/h4-7,18-20,24H,8-14H2,1-3H3/t18-,19-,20-/m0/s1. The molecule has 2 heterocycles. The second-order valence-corrected chi connectivity index (χ2v) is 10.4. The number of hydrogen-bond donors (Lipinski definition) is 1. The lowest BCUT2D eigenvalue weighted by molar-refractivity contribution is -0.384. The van der Waals surface area contributed by atoms with Gasteiger partial charge in [-0.2, -0.15) is 0 Å². The van der Waals surface area contributed by atoms with Crippen molar-refractivity contribution < 1.29 is 24.0 Å². The molecule has 0 bridgehead atoms. The second kappa shape index (κ2) is 11.6. The number of benzene rings is 1. The van der Waals surface area contributed by atoms with Gasteiger partial charge in [0.1, 0.15) is 18.9 Å². The Kier molecular flexibility index (Phi) is 8.84. The molecule has 3 rings (SSSR count). The van der Waals surface area contributed by atoms with Gasteiger partial charge >= 0.3 is 5.97 Å². The van der Waals surface area contributed by atoms with Gasteiger partial charge in [0, 0.05) is 57.0 Å². The van der Waals surface area contributed by atoms with Crippen LogP contribution in [0.25, 0.3) is 0 Å². The zero-order chi connectivity index (χ0) is 25.7. The molecule has 1 aromatic carbocycles. The number of nitro benzene ring substituents is 1. The number of nitrogens with zero attached hydrogens (tertiary/aromatic N) is 4. The molecular formula is C23H31N5O6S. The number of nitrogens with one attached hydrogen (secondary N) is 1. The van der Waals surface area contributed by atoms with E-state index in [1.807, 2.05) is 16.8 Å². The van der Waals surface area contributed by atoms with E-state index in [4.69, 9.17) is 10.1 Å². The van der Waals surface area contributed by atoms with Crippen molar-refractivity contribution in [2.45, 2.75) is 50.1 Å². The molecule has 0 radical (unpaired) electrons. The van der Waals surface area contributed by atoms with E-state index < -0.39 is 10.9 Å². The van der Waals surface area contributed by atoms with Gasteiger partial charge in [-0.3, -0.25) is 34.8 Å². The predicted molar refractivity (Wildman–Crippen MR) is 131 cm³/mol. The first kappa shape index (κ1) is 26.6. The second-order valence-electron chi connectivity index (χ2n) is 8.97. The number of ether oxygens (including phenoxy) is 1. The molecule has 11 nitrogen and oxygen atoms in total. The van der Waals surface area contributed by atoms with Gasteiger partial charge in [-0.25, -0.2) is 0 Å². The van der Waals surface area contributed by atoms with E-state index in [9.17, 15) is 24.5 Å². The fraction of sp³-hybridized carbons (Fsp3) is 0.565. The van der Waals surface area contributed by atoms with Crippen LogP contribution in [0.2, 0.25) is 0 Å². The molecule has 3 atom stereocenters. The lowest BCUT2D eigenvalue weighted by Gasteiger charge is -2.28. The number of esters is 1. The number of nitro groups is 1. The highest BCUT2D eigenvalue weighted by atomic mass is 32.2. The van der Waals surface area contributed by atoms with Crippen LogP contribution in [0.4, 0.5) is 5.69 Å². The van der Waals surface area contributed by atoms with Crippen molar-refractivity contribution in [1.29, 1.82) is 5.41 Å². The van der Waals surface area contributed by atoms with Crippen LogP contribution in [0.5, 0.6) is 0 Å². The number of hydrogen-bond acceptors (Lipinski definition) is 9. The van der Waals surface area contributed by atoms with Crippen molar-refractivity contribution in [3.63, 3.8) is 0 Å². The van der Waals surface area contributed by atoms with E-state index in [1.54, 1.807) is 18.9 Å². The molecule has 0 aliphatic carbocycles. The maximum absolute atomic E-state index is 13.1. The maximum atomic E-state index is 13.1. The first-order valence-electron chi connectivity index (χ1n) is 11.4. The van der Waals surface area contributed by atoms with Crippen molar-refractivity contribution in [2.24, 2.45) is 0 Å². The van der Waals surface area contributed by atoms with Crippen molar-refractivity contribution >= 4 is 40.3 Å². The monoisotopic (exact) mass is 505 g/mol. The van der Waals surface area contributed by atoms with Gasteiger partial charge in [-0.1, -0.05) is 11.8 Å². The Hall–Kier alpha value is -2.99. The molecule has 0 saturated carbocycles. The molecule has 0 aromatic heterocycles. The number of carbonyl (C=O) groups is 3. The number of likely N-dealkylation sites (N-methyl/N-ethyl adjacent to an activating group) is 2. The Morgan fingerprint density at radius 2 is 1.94 bits per heavy atom. The van der Waals surface area contributed by atoms with E-state index in [0.717, 1.165) is 0 Å². The van der Waals surface area contributed by atoms with Crippen LogP contribution in [0, 0.1) is 15.5 Å². The Balaban J connectivity index is 1.44. The van der Waals surface area contributed by atoms with Gasteiger partial charge in [0.15, 0.2) is 5.12 Å². The molecule has 2 fully saturated rings. The molecule has 190 valence electrons. The molecule has 2 aliphatic heterocycles. The quantitative estimate of drug-likeness (QED) is 0.185. The minimum atomic E-state index is -0.562. The normalized spacial score (nSPS) is 22.1. The number of amidine groups is 1. The highest BCUT2D eigenvalue weighted by molar-refractivity contribution is 8.14. The summed E-state index contributed by atoms with van der Waals surface area (Å²) in [4.78, 5) is 52.5. The van der Waals surface area contributed by atoms with Crippen molar-refractivity contribution in [3.05, 3.63) is 39.9 Å². The van der Waals surface area contributed by atoms with E-state index in [2.05, 4.69) is 0 Å². The fourth-order valence-corrected chi connectivity index (χ4v) is 5.50. The van der Waals surface area contributed by atoms with Gasteiger partial charge in [0.25, 0.3) is 5.69 Å². The molecule has 35 heavy (non-hydrogen) atoms. The van der Waals surface area contributed by atoms with Gasteiger partial charge < -0.3 is 14.5 Å². The Labute approximate surface area is 208 Å². The molecule has 2 saturated heterocycles. The molecule has 12 heteroatoms. The molecule has 2 aliphatic rings. The highest BCUT2D eigenvalue weighted by Gasteiger charge is 2.40. The van der Waals surface area contributed by atoms with Crippen LogP contribution in [-0.4, -0.2) is 93.5 Å². The Bertz CT molecular complexity index is 987. The number of thioether (sulfide) groups is 1. The summed E-state index contributed by atoms with van der Waals surface area (Å²) >= 11 is 1.29. The van der Waals surface area contributed by atoms with Crippen LogP contribution in [0.1, 0.15) is 31.7 Å². The molecule has 0 unspecified atom stereocenters. The zero-order valence-electron chi connectivity index (χ0n) is 20.1. The van der Waals surface area contributed by atoms with E-state index in [-0.39, 0.29) is 52.9 Å². The molecule has 1 N–H and O–H groups in total. The van der Waals surface area contributed by atoms with Crippen LogP contribution < -0.4 is 0 Å². The van der Waals surface area contributed by atoms with Crippen molar-refractivity contribution in [3.8, 4) is 0 Å². The van der Waals surface area contributed by atoms with Crippen molar-refractivity contribution in [2.75, 3.05) is 33.7 Å². The van der Waals surface area contributed by atoms with Crippen LogP contribution in [0.3, 0.4) is 0 Å². The minimum absolute atomic E-state index is 0.0304. The van der Waals surface area contributed by atoms with Crippen LogP contribution in [-0.2, 0) is 25.7 Å². The van der Waals surface area contributed by atoms with Gasteiger partial charge in [-0.05, 0) is 37.6 Å². The fourth-order valence-electron chi connectivity index (χ4n) is 4.44. The Morgan fingerprint density at radius 3 is 2.57 bits per heavy atom. The number of non-ortho nitro benzene ring substituents is 1. The number of amides is 1. The number of carbonyl (C=O) groups excluding carboxylic acids is 3. The third-order valence-electron chi connectivity index (χ3n) is 6.43. The summed E-state index contributed by atoms with van der Waals surface area (Å²) in [6.07, 6.45) is 1.14.